The molecule has 1 aliphatic rings. The summed E-state index contributed by atoms with van der Waals surface area (Å²) in [6.07, 6.45) is 2.37. The second-order valence-corrected chi connectivity index (χ2v) is 3.89. The zero-order valence-corrected chi connectivity index (χ0v) is 7.79. The Bertz CT molecular complexity index is 325. The predicted molar refractivity (Wildman–Crippen MR) is 50.1 cm³/mol. The lowest BCUT2D eigenvalue weighted by atomic mass is 10.3. The Morgan fingerprint density at radius 1 is 1.85 bits per heavy atom. The van der Waals surface area contributed by atoms with Crippen molar-refractivity contribution >= 4 is 17.6 Å². The van der Waals surface area contributed by atoms with Gasteiger partial charge in [-0.3, -0.25) is 0 Å². The van der Waals surface area contributed by atoms with E-state index < -0.39 is 0 Å². The van der Waals surface area contributed by atoms with Crippen molar-refractivity contribution in [2.75, 3.05) is 5.75 Å². The normalized spacial score (nSPS) is 16.2. The van der Waals surface area contributed by atoms with E-state index in [0.29, 0.717) is 6.42 Å². The first kappa shape index (κ1) is 8.43. The average molecular weight is 198 g/mol. The van der Waals surface area contributed by atoms with E-state index in [1.54, 1.807) is 11.8 Å². The van der Waals surface area contributed by atoms with Crippen LogP contribution in [-0.4, -0.2) is 26.3 Å². The van der Waals surface area contributed by atoms with E-state index in [-0.39, 0.29) is 5.84 Å². The molecule has 0 fully saturated rings. The van der Waals surface area contributed by atoms with Crippen LogP contribution in [0.5, 0.6) is 0 Å². The second-order valence-electron chi connectivity index (χ2n) is 2.82. The van der Waals surface area contributed by atoms with Gasteiger partial charge < -0.3 is 15.5 Å². The summed E-state index contributed by atoms with van der Waals surface area (Å²) >= 11 is 1.73. The first-order valence-electron chi connectivity index (χ1n) is 3.95. The zero-order valence-electron chi connectivity index (χ0n) is 6.97. The van der Waals surface area contributed by atoms with Crippen molar-refractivity contribution in [1.82, 2.24) is 9.55 Å². The first-order chi connectivity index (χ1) is 6.29. The van der Waals surface area contributed by atoms with Gasteiger partial charge >= 0.3 is 0 Å². The van der Waals surface area contributed by atoms with Crippen molar-refractivity contribution in [1.29, 1.82) is 0 Å². The third-order valence-corrected chi connectivity index (χ3v) is 2.81. The highest BCUT2D eigenvalue weighted by Gasteiger charge is 2.14. The summed E-state index contributed by atoms with van der Waals surface area (Å²) < 4.78 is 2.09. The maximum absolute atomic E-state index is 8.37. The quantitative estimate of drug-likeness (QED) is 0.310. The lowest BCUT2D eigenvalue weighted by Crippen LogP contribution is -2.14. The van der Waals surface area contributed by atoms with Crippen molar-refractivity contribution in [3.05, 3.63) is 11.9 Å². The minimum atomic E-state index is 0.196. The van der Waals surface area contributed by atoms with E-state index in [1.165, 1.54) is 0 Å². The fourth-order valence-electron chi connectivity index (χ4n) is 1.27. The molecule has 0 unspecified atom stereocenters. The molecule has 1 aliphatic heterocycles. The van der Waals surface area contributed by atoms with E-state index in [0.717, 1.165) is 23.1 Å². The minimum Gasteiger partial charge on any atom is -0.409 e. The van der Waals surface area contributed by atoms with E-state index in [2.05, 4.69) is 14.7 Å². The molecule has 2 heterocycles. The molecule has 0 saturated carbocycles. The van der Waals surface area contributed by atoms with Gasteiger partial charge in [0.25, 0.3) is 0 Å². The Morgan fingerprint density at radius 2 is 2.69 bits per heavy atom. The van der Waals surface area contributed by atoms with Gasteiger partial charge in [0.15, 0.2) is 5.16 Å². The summed E-state index contributed by atoms with van der Waals surface area (Å²) in [4.78, 5) is 4.33. The van der Waals surface area contributed by atoms with Crippen LogP contribution >= 0.6 is 11.8 Å². The number of thioether (sulfide) groups is 1. The van der Waals surface area contributed by atoms with Gasteiger partial charge in [0.05, 0.1) is 12.1 Å². The molecule has 0 radical (unpaired) electrons. The van der Waals surface area contributed by atoms with Crippen LogP contribution in [0.2, 0.25) is 0 Å². The van der Waals surface area contributed by atoms with Gasteiger partial charge in [-0.15, -0.1) is 0 Å². The Morgan fingerprint density at radius 3 is 3.38 bits per heavy atom. The second kappa shape index (κ2) is 3.29. The topological polar surface area (TPSA) is 76.4 Å². The molecule has 13 heavy (non-hydrogen) atoms. The molecule has 70 valence electrons. The van der Waals surface area contributed by atoms with Crippen LogP contribution in [0.3, 0.4) is 0 Å². The Balaban J connectivity index is 2.15. The van der Waals surface area contributed by atoms with Gasteiger partial charge in [0, 0.05) is 18.5 Å². The molecule has 0 saturated heterocycles. The van der Waals surface area contributed by atoms with Crippen molar-refractivity contribution < 1.29 is 5.21 Å². The highest BCUT2D eigenvalue weighted by molar-refractivity contribution is 7.99. The lowest BCUT2D eigenvalue weighted by Gasteiger charge is -1.93. The van der Waals surface area contributed by atoms with Gasteiger partial charge in [0.2, 0.25) is 0 Å². The maximum Gasteiger partial charge on any atom is 0.168 e. The van der Waals surface area contributed by atoms with E-state index in [4.69, 9.17) is 10.9 Å². The summed E-state index contributed by atoms with van der Waals surface area (Å²) in [5.41, 5.74) is 6.23. The average Bonchev–Trinajstić information content (AvgIpc) is 2.63. The molecule has 1 aromatic heterocycles. The fraction of sp³-hybridized carbons (Fsp3) is 0.429. The lowest BCUT2D eigenvalue weighted by molar-refractivity contribution is 0.317. The molecule has 2 rings (SSSR count). The first-order valence-corrected chi connectivity index (χ1v) is 4.93. The van der Waals surface area contributed by atoms with Crippen molar-refractivity contribution in [2.45, 2.75) is 18.1 Å². The van der Waals surface area contributed by atoms with Crippen LogP contribution in [0.1, 0.15) is 5.69 Å². The number of hydrogen-bond donors (Lipinski definition) is 2. The predicted octanol–water partition coefficient (Wildman–Crippen LogP) is 0.278. The van der Waals surface area contributed by atoms with Gasteiger partial charge in [-0.2, -0.15) is 0 Å². The summed E-state index contributed by atoms with van der Waals surface area (Å²) in [7, 11) is 0. The molecule has 1 aromatic rings. The van der Waals surface area contributed by atoms with E-state index >= 15 is 0 Å². The highest BCUT2D eigenvalue weighted by Crippen LogP contribution is 2.24. The number of amidine groups is 1. The standard InChI is InChI=1S/C7H10N4OS/c8-6(10-12)3-5-4-11-1-2-13-7(11)9-5/h4,12H,1-3H2,(H2,8,10). The molecule has 3 N–H and O–H groups in total. The molecule has 6 heteroatoms. The van der Waals surface area contributed by atoms with Gasteiger partial charge in [0.1, 0.15) is 5.84 Å². The maximum atomic E-state index is 8.37. The minimum absolute atomic E-state index is 0.196. The molecular formula is C7H10N4OS. The molecule has 0 bridgehead atoms. The number of aryl methyl sites for hydroxylation is 1. The largest absolute Gasteiger partial charge is 0.409 e. The molecule has 0 amide bonds. The monoisotopic (exact) mass is 198 g/mol. The number of fused-ring (bicyclic) bond motifs is 1. The van der Waals surface area contributed by atoms with Crippen LogP contribution in [-0.2, 0) is 13.0 Å². The summed E-state index contributed by atoms with van der Waals surface area (Å²) in [6, 6.07) is 0. The molecule has 0 aromatic carbocycles. The van der Waals surface area contributed by atoms with Crippen molar-refractivity contribution in [3.63, 3.8) is 0 Å². The number of imidazole rings is 1. The molecule has 0 atom stereocenters. The van der Waals surface area contributed by atoms with Crippen LogP contribution in [0.4, 0.5) is 0 Å². The van der Waals surface area contributed by atoms with Gasteiger partial charge in [-0.05, 0) is 0 Å². The van der Waals surface area contributed by atoms with Crippen LogP contribution < -0.4 is 5.73 Å². The third kappa shape index (κ3) is 1.62. The molecule has 5 nitrogen and oxygen atoms in total. The summed E-state index contributed by atoms with van der Waals surface area (Å²) in [6.45, 7) is 1.00. The summed E-state index contributed by atoms with van der Waals surface area (Å²) in [5, 5.41) is 12.3. The third-order valence-electron chi connectivity index (χ3n) is 1.84. The SMILES string of the molecule is N/C(Cc1cn2c(n1)SCC2)=N\O. The van der Waals surface area contributed by atoms with Crippen LogP contribution in [0, 0.1) is 0 Å². The number of aromatic nitrogens is 2. The van der Waals surface area contributed by atoms with Crippen molar-refractivity contribution in [3.8, 4) is 0 Å². The number of nitrogens with two attached hydrogens (primary N) is 1. The van der Waals surface area contributed by atoms with Gasteiger partial charge in [-0.25, -0.2) is 4.98 Å². The van der Waals surface area contributed by atoms with E-state index in [9.17, 15) is 0 Å². The van der Waals surface area contributed by atoms with Crippen LogP contribution in [0.15, 0.2) is 16.5 Å². The number of nitrogens with zero attached hydrogens (tertiary/aromatic N) is 3. The van der Waals surface area contributed by atoms with Crippen LogP contribution in [0.25, 0.3) is 0 Å². The number of hydrogen-bond acceptors (Lipinski definition) is 4. The Hall–Kier alpha value is -1.17. The Kier molecular flexibility index (Phi) is 2.13. The van der Waals surface area contributed by atoms with Gasteiger partial charge in [-0.1, -0.05) is 16.9 Å². The summed E-state index contributed by atoms with van der Waals surface area (Å²) in [5.74, 6) is 1.29. The van der Waals surface area contributed by atoms with Crippen molar-refractivity contribution in [2.24, 2.45) is 10.9 Å². The molecule has 0 spiro atoms. The zero-order chi connectivity index (χ0) is 9.26. The molecule has 0 aliphatic carbocycles. The Labute approximate surface area is 79.6 Å². The van der Waals surface area contributed by atoms with E-state index in [1.807, 2.05) is 6.20 Å². The number of oxime groups is 1. The highest BCUT2D eigenvalue weighted by atomic mass is 32.2. The fourth-order valence-corrected chi connectivity index (χ4v) is 2.23. The smallest absolute Gasteiger partial charge is 0.168 e. The molecular weight excluding hydrogens is 188 g/mol. The number of rotatable bonds is 2.